The maximum atomic E-state index is 7.28. The van der Waals surface area contributed by atoms with Gasteiger partial charge in [-0.3, -0.25) is 0 Å². The molecule has 1 saturated carbocycles. The van der Waals surface area contributed by atoms with Crippen LogP contribution in [0.4, 0.5) is 0 Å². The van der Waals surface area contributed by atoms with Crippen LogP contribution in [0.1, 0.15) is 80.1 Å². The van der Waals surface area contributed by atoms with Gasteiger partial charge in [0.25, 0.3) is 0 Å². The average molecular weight is 432 g/mol. The van der Waals surface area contributed by atoms with E-state index in [2.05, 4.69) is 65.8 Å². The highest BCUT2D eigenvalue weighted by atomic mass is 35.5. The molecule has 2 atom stereocenters. The minimum absolute atomic E-state index is 0.0110. The van der Waals surface area contributed by atoms with Gasteiger partial charge in [-0.05, 0) is 25.1 Å². The summed E-state index contributed by atoms with van der Waals surface area (Å²) in [4.78, 5) is 0. The van der Waals surface area contributed by atoms with E-state index in [1.807, 2.05) is 0 Å². The molecule has 1 nitrogen and oxygen atoms in total. The fraction of sp³-hybridized carbons (Fsp3) is 0.826. The largest absolute Gasteiger partial charge is 0.404 e. The lowest BCUT2D eigenvalue weighted by Crippen LogP contribution is -2.45. The Labute approximate surface area is 179 Å². The summed E-state index contributed by atoms with van der Waals surface area (Å²) in [5, 5.41) is 0. The molecule has 2 aliphatic rings. The average Bonchev–Trinajstić information content (AvgIpc) is 3.04. The summed E-state index contributed by atoms with van der Waals surface area (Å²) in [6, 6.07) is 3.68. The minimum Gasteiger partial charge on any atom is -0.404 e. The van der Waals surface area contributed by atoms with Crippen molar-refractivity contribution in [2.45, 2.75) is 108 Å². The molecule has 2 rings (SSSR count). The van der Waals surface area contributed by atoms with Crippen LogP contribution in [-0.2, 0) is 4.43 Å². The Morgan fingerprint density at radius 1 is 0.741 bits per heavy atom. The zero-order valence-corrected chi connectivity index (χ0v) is 20.8. The summed E-state index contributed by atoms with van der Waals surface area (Å²) in [6.07, 6.45) is 16.3. The van der Waals surface area contributed by atoms with Gasteiger partial charge < -0.3 is 4.43 Å². The highest BCUT2D eigenvalue weighted by Crippen LogP contribution is 2.76. The van der Waals surface area contributed by atoms with Gasteiger partial charge in [-0.25, -0.2) is 0 Å². The van der Waals surface area contributed by atoms with Gasteiger partial charge in [0.2, 0.25) is 0 Å². The zero-order chi connectivity index (χ0) is 20.4. The Morgan fingerprint density at radius 3 is 1.63 bits per heavy atom. The summed E-state index contributed by atoms with van der Waals surface area (Å²) >= 11 is 13.9. The third kappa shape index (κ3) is 4.25. The quantitative estimate of drug-likeness (QED) is 0.181. The van der Waals surface area contributed by atoms with E-state index in [-0.39, 0.29) is 10.8 Å². The summed E-state index contributed by atoms with van der Waals surface area (Å²) in [6.45, 7) is 13.5. The molecule has 156 valence electrons. The van der Waals surface area contributed by atoms with Crippen molar-refractivity contribution in [1.82, 2.24) is 0 Å². The monoisotopic (exact) mass is 430 g/mol. The second-order valence-electron chi connectivity index (χ2n) is 9.60. The third-order valence-corrected chi connectivity index (χ3v) is 12.7. The smallest absolute Gasteiger partial charge is 0.194 e. The van der Waals surface area contributed by atoms with Crippen LogP contribution in [0.5, 0.6) is 0 Å². The molecule has 0 spiro atoms. The summed E-state index contributed by atoms with van der Waals surface area (Å²) in [5.41, 5.74) is -0.914. The Hall–Kier alpha value is 0.237. The maximum Gasteiger partial charge on any atom is 0.194 e. The van der Waals surface area contributed by atoms with Crippen molar-refractivity contribution in [3.63, 3.8) is 0 Å². The molecule has 0 unspecified atom stereocenters. The molecule has 0 heterocycles. The molecule has 0 saturated heterocycles. The van der Waals surface area contributed by atoms with Gasteiger partial charge >= 0.3 is 0 Å². The fourth-order valence-corrected chi connectivity index (χ4v) is 10.7. The number of halogens is 2. The molecule has 2 aliphatic carbocycles. The van der Waals surface area contributed by atoms with Gasteiger partial charge in [0, 0.05) is 5.41 Å². The fourth-order valence-electron chi connectivity index (χ4n) is 4.49. The van der Waals surface area contributed by atoms with E-state index in [9.17, 15) is 0 Å². The van der Waals surface area contributed by atoms with Crippen molar-refractivity contribution in [1.29, 1.82) is 0 Å². The topological polar surface area (TPSA) is 9.23 Å². The van der Waals surface area contributed by atoms with E-state index in [1.165, 1.54) is 56.7 Å². The first-order valence-corrected chi connectivity index (χ1v) is 14.3. The second-order valence-corrected chi connectivity index (χ2v) is 15.0. The highest BCUT2D eigenvalue weighted by Gasteiger charge is 2.85. The van der Waals surface area contributed by atoms with Crippen LogP contribution in [0.15, 0.2) is 24.3 Å². The number of hydrogen-bond donors (Lipinski definition) is 0. The van der Waals surface area contributed by atoms with Crippen molar-refractivity contribution in [2.75, 3.05) is 0 Å². The molecule has 0 aromatic carbocycles. The predicted molar refractivity (Wildman–Crippen MR) is 123 cm³/mol. The van der Waals surface area contributed by atoms with Gasteiger partial charge in [0.1, 0.15) is 5.60 Å². The van der Waals surface area contributed by atoms with Crippen molar-refractivity contribution in [2.24, 2.45) is 10.8 Å². The molecule has 0 amide bonds. The molecule has 1 fully saturated rings. The lowest BCUT2D eigenvalue weighted by atomic mass is 9.92. The standard InChI is InChI=1S/C23H40Cl2OSi/c1-7-10-17-27(18-11-8-2,19-12-9-3)26-22-16-14-20(4,5)13-15-21(22,6)23(22,24)25/h13-16H,7-12,17-19H2,1-6H3/t21-,22-/m0/s1. The normalized spacial score (nSPS) is 30.8. The highest BCUT2D eigenvalue weighted by molar-refractivity contribution is 6.74. The number of fused-ring (bicyclic) bond motifs is 1. The molecule has 0 bridgehead atoms. The number of hydrogen-bond acceptors (Lipinski definition) is 1. The molecular weight excluding hydrogens is 391 g/mol. The number of unbranched alkanes of at least 4 members (excludes halogenated alkanes) is 3. The lowest BCUT2D eigenvalue weighted by Gasteiger charge is -2.37. The van der Waals surface area contributed by atoms with Crippen LogP contribution in [0.3, 0.4) is 0 Å². The van der Waals surface area contributed by atoms with Gasteiger partial charge in [-0.1, -0.05) is 121 Å². The predicted octanol–water partition coefficient (Wildman–Crippen LogP) is 8.43. The first-order valence-electron chi connectivity index (χ1n) is 11.0. The van der Waals surface area contributed by atoms with Gasteiger partial charge in [0.05, 0.1) is 5.41 Å². The van der Waals surface area contributed by atoms with Crippen LogP contribution < -0.4 is 0 Å². The van der Waals surface area contributed by atoms with Crippen LogP contribution in [0, 0.1) is 10.8 Å². The van der Waals surface area contributed by atoms with E-state index in [4.69, 9.17) is 27.6 Å². The third-order valence-electron chi connectivity index (χ3n) is 6.76. The van der Waals surface area contributed by atoms with Gasteiger partial charge in [-0.2, -0.15) is 0 Å². The molecular formula is C23H40Cl2OSi. The van der Waals surface area contributed by atoms with Gasteiger partial charge in [0.15, 0.2) is 12.7 Å². The zero-order valence-electron chi connectivity index (χ0n) is 18.3. The Bertz CT molecular complexity index is 547. The summed E-state index contributed by atoms with van der Waals surface area (Å²) in [5.74, 6) is 0. The first-order chi connectivity index (χ1) is 12.6. The van der Waals surface area contributed by atoms with E-state index in [0.717, 1.165) is 0 Å². The van der Waals surface area contributed by atoms with E-state index in [1.54, 1.807) is 0 Å². The molecule has 0 aromatic heterocycles. The van der Waals surface area contributed by atoms with E-state index >= 15 is 0 Å². The molecule has 4 heteroatoms. The van der Waals surface area contributed by atoms with Gasteiger partial charge in [-0.15, -0.1) is 0 Å². The Kier molecular flexibility index (Phi) is 7.44. The van der Waals surface area contributed by atoms with E-state index in [0.29, 0.717) is 0 Å². The lowest BCUT2D eigenvalue weighted by molar-refractivity contribution is 0.176. The van der Waals surface area contributed by atoms with Crippen molar-refractivity contribution in [3.05, 3.63) is 24.3 Å². The molecule has 0 aromatic rings. The van der Waals surface area contributed by atoms with E-state index < -0.39 is 18.3 Å². The molecule has 0 N–H and O–H groups in total. The Balaban J connectivity index is 2.42. The first kappa shape index (κ1) is 23.5. The SMILES string of the molecule is CCCC[Si](CCCC)(CCCC)O[C@@]12C=CC(C)(C)C=C[C@]1(C)C2(Cl)Cl. The number of alkyl halides is 2. The Morgan fingerprint density at radius 2 is 1.19 bits per heavy atom. The summed E-state index contributed by atoms with van der Waals surface area (Å²) in [7, 11) is -1.94. The molecule has 0 aliphatic heterocycles. The summed E-state index contributed by atoms with van der Waals surface area (Å²) < 4.78 is 6.39. The van der Waals surface area contributed by atoms with Crippen LogP contribution in [0.25, 0.3) is 0 Å². The van der Waals surface area contributed by atoms with Crippen molar-refractivity contribution < 1.29 is 4.43 Å². The van der Waals surface area contributed by atoms with Crippen molar-refractivity contribution >= 4 is 31.5 Å². The van der Waals surface area contributed by atoms with Crippen molar-refractivity contribution in [3.8, 4) is 0 Å². The van der Waals surface area contributed by atoms with Crippen LogP contribution >= 0.6 is 23.2 Å². The van der Waals surface area contributed by atoms with Crippen LogP contribution in [0.2, 0.25) is 18.1 Å². The van der Waals surface area contributed by atoms with Crippen LogP contribution in [-0.4, -0.2) is 18.3 Å². The molecule has 27 heavy (non-hydrogen) atoms. The minimum atomic E-state index is -1.94. The molecule has 0 radical (unpaired) electrons. The second kappa shape index (κ2) is 8.54. The maximum absolute atomic E-state index is 7.28. The number of rotatable bonds is 11. The number of allylic oxidation sites excluding steroid dienone is 2.